The van der Waals surface area contributed by atoms with E-state index >= 15 is 0 Å². The third-order valence-electron chi connectivity index (χ3n) is 11.6. The molecule has 62 heavy (non-hydrogen) atoms. The van der Waals surface area contributed by atoms with Crippen LogP contribution in [-0.2, 0) is 9.31 Å². The van der Waals surface area contributed by atoms with Crippen LogP contribution in [0.25, 0.3) is 77.3 Å². The third-order valence-corrected chi connectivity index (χ3v) is 13.3. The largest absolute Gasteiger partial charge is 0.494 e. The molecule has 0 bridgehead atoms. The van der Waals surface area contributed by atoms with Crippen molar-refractivity contribution in [2.24, 2.45) is 0 Å². The van der Waals surface area contributed by atoms with Gasteiger partial charge in [-0.2, -0.15) is 0 Å². The Labute approximate surface area is 392 Å². The number of furan rings is 2. The molecular weight excluding hydrogens is 1010 g/mol. The summed E-state index contributed by atoms with van der Waals surface area (Å²) >= 11 is 9.19. The van der Waals surface area contributed by atoms with Crippen LogP contribution >= 0.6 is 54.5 Å². The van der Waals surface area contributed by atoms with E-state index in [0.717, 1.165) is 80.5 Å². The Morgan fingerprint density at radius 1 is 0.419 bits per heavy atom. The number of benzene rings is 8. The molecule has 2 aromatic heterocycles. The summed E-state index contributed by atoms with van der Waals surface area (Å²) < 4.78 is 28.4. The normalized spacial score (nSPS) is 14.1. The maximum atomic E-state index is 6.23. The van der Waals surface area contributed by atoms with Crippen molar-refractivity contribution in [3.63, 3.8) is 0 Å². The van der Waals surface area contributed by atoms with Gasteiger partial charge >= 0.3 is 7.12 Å². The molecule has 0 aliphatic carbocycles. The van der Waals surface area contributed by atoms with Gasteiger partial charge in [-0.1, -0.05) is 165 Å². The Kier molecular flexibility index (Phi) is 12.1. The molecule has 11 rings (SSSR count). The minimum absolute atomic E-state index is 0.355. The molecule has 0 saturated carbocycles. The highest BCUT2D eigenvalue weighted by atomic mass is 127. The molecule has 0 spiro atoms. The van der Waals surface area contributed by atoms with Crippen LogP contribution in [0.2, 0.25) is 0 Å². The first-order valence-corrected chi connectivity index (χ1v) is 23.1. The fourth-order valence-corrected chi connectivity index (χ4v) is 9.54. The second-order valence-corrected chi connectivity index (χ2v) is 19.4. The van der Waals surface area contributed by atoms with Crippen molar-refractivity contribution in [2.45, 2.75) is 38.9 Å². The molecular formula is C54H42BBr2IO4. The van der Waals surface area contributed by atoms with Gasteiger partial charge in [0.25, 0.3) is 0 Å². The molecule has 0 atom stereocenters. The van der Waals surface area contributed by atoms with E-state index in [2.05, 4.69) is 216 Å². The smallest absolute Gasteiger partial charge is 0.455 e. The Balaban J connectivity index is 0.000000135. The molecule has 0 unspecified atom stereocenters. The molecule has 1 fully saturated rings. The van der Waals surface area contributed by atoms with E-state index in [1.165, 1.54) is 14.7 Å². The van der Waals surface area contributed by atoms with Gasteiger partial charge in [-0.3, -0.25) is 0 Å². The van der Waals surface area contributed by atoms with Crippen LogP contribution in [0.5, 0.6) is 0 Å². The van der Waals surface area contributed by atoms with E-state index in [-0.39, 0.29) is 18.3 Å². The molecule has 306 valence electrons. The molecule has 1 aliphatic rings. The van der Waals surface area contributed by atoms with Crippen molar-refractivity contribution in [2.75, 3.05) is 0 Å². The molecule has 10 aromatic rings. The molecule has 0 radical (unpaired) electrons. The summed E-state index contributed by atoms with van der Waals surface area (Å²) in [6.45, 7) is 8.30. The molecule has 4 nitrogen and oxygen atoms in total. The zero-order chi connectivity index (χ0) is 43.0. The van der Waals surface area contributed by atoms with Gasteiger partial charge in [0.2, 0.25) is 0 Å². The standard InChI is InChI=1S/C24H23BO3.C24H15BrO.C6H4BrI/c1-23(2)24(3,4)28-25(27-23)17-10-7-9-16(15-17)18-12-8-13-20-19-11-5-6-14-21(19)26-22(18)20;25-19-9-4-7-17(15-19)16-6-3-8-18(14-16)20-11-5-12-22-21-10-1-2-13-23(21)26-24(20)22;7-5-2-1-3-6(8)4-5/h5-15H,1-4H3;1-15H;1-4H. The maximum absolute atomic E-state index is 6.23. The van der Waals surface area contributed by atoms with Crippen molar-refractivity contribution in [3.8, 4) is 33.4 Å². The molecule has 3 heterocycles. The van der Waals surface area contributed by atoms with E-state index < -0.39 is 0 Å². The Morgan fingerprint density at radius 2 is 0.855 bits per heavy atom. The van der Waals surface area contributed by atoms with Crippen LogP contribution in [0.15, 0.2) is 200 Å². The van der Waals surface area contributed by atoms with E-state index in [0.29, 0.717) is 0 Å². The molecule has 1 aliphatic heterocycles. The maximum Gasteiger partial charge on any atom is 0.494 e. The molecule has 1 saturated heterocycles. The van der Waals surface area contributed by atoms with Crippen LogP contribution in [0.4, 0.5) is 0 Å². The minimum atomic E-state index is -0.375. The van der Waals surface area contributed by atoms with Crippen molar-refractivity contribution in [1.82, 2.24) is 0 Å². The van der Waals surface area contributed by atoms with Crippen molar-refractivity contribution in [3.05, 3.63) is 195 Å². The third kappa shape index (κ3) is 8.68. The van der Waals surface area contributed by atoms with Gasteiger partial charge in [-0.25, -0.2) is 0 Å². The Bertz CT molecular complexity index is 3190. The fourth-order valence-electron chi connectivity index (χ4n) is 7.78. The quantitative estimate of drug-likeness (QED) is 0.130. The number of hydrogen-bond donors (Lipinski definition) is 0. The minimum Gasteiger partial charge on any atom is -0.455 e. The summed E-state index contributed by atoms with van der Waals surface area (Å²) in [5.41, 5.74) is 10.8. The van der Waals surface area contributed by atoms with Gasteiger partial charge in [0, 0.05) is 45.2 Å². The van der Waals surface area contributed by atoms with Crippen LogP contribution in [0.1, 0.15) is 27.7 Å². The van der Waals surface area contributed by atoms with Gasteiger partial charge in [-0.05, 0) is 127 Å². The van der Waals surface area contributed by atoms with Crippen LogP contribution < -0.4 is 5.46 Å². The zero-order valence-electron chi connectivity index (χ0n) is 34.7. The van der Waals surface area contributed by atoms with Gasteiger partial charge in [0.1, 0.15) is 22.3 Å². The average molecular weight is 1050 g/mol. The van der Waals surface area contributed by atoms with Gasteiger partial charge in [0.15, 0.2) is 0 Å². The summed E-state index contributed by atoms with van der Waals surface area (Å²) in [6.07, 6.45) is 0. The monoisotopic (exact) mass is 1050 g/mol. The first kappa shape index (κ1) is 42.3. The van der Waals surface area contributed by atoms with Crippen molar-refractivity contribution in [1.29, 1.82) is 0 Å². The van der Waals surface area contributed by atoms with Gasteiger partial charge in [0.05, 0.1) is 11.2 Å². The summed E-state index contributed by atoms with van der Waals surface area (Å²) in [5.74, 6) is 0. The SMILES string of the molecule is Brc1cccc(-c2cccc(-c3cccc4c3oc3ccccc34)c2)c1.Brc1cccc(I)c1.CC1(C)OB(c2cccc(-c3cccc4c3oc3ccccc34)c2)OC1(C)C. The van der Waals surface area contributed by atoms with Crippen molar-refractivity contribution >= 4 is 111 Å². The van der Waals surface area contributed by atoms with Crippen LogP contribution in [0.3, 0.4) is 0 Å². The zero-order valence-corrected chi connectivity index (χ0v) is 40.0. The van der Waals surface area contributed by atoms with E-state index in [1.54, 1.807) is 0 Å². The first-order valence-electron chi connectivity index (χ1n) is 20.5. The van der Waals surface area contributed by atoms with Crippen molar-refractivity contribution < 1.29 is 18.1 Å². The van der Waals surface area contributed by atoms with Gasteiger partial charge in [-0.15, -0.1) is 0 Å². The summed E-state index contributed by atoms with van der Waals surface area (Å²) in [7, 11) is -0.375. The Hall–Kier alpha value is -4.97. The highest BCUT2D eigenvalue weighted by molar-refractivity contribution is 14.1. The predicted molar refractivity (Wildman–Crippen MR) is 274 cm³/mol. The predicted octanol–water partition coefficient (Wildman–Crippen LogP) is 16.3. The Morgan fingerprint density at radius 3 is 1.39 bits per heavy atom. The molecule has 8 aromatic carbocycles. The lowest BCUT2D eigenvalue weighted by molar-refractivity contribution is 0.00578. The molecule has 8 heteroatoms. The number of para-hydroxylation sites is 4. The number of rotatable bonds is 4. The average Bonchev–Trinajstić information content (AvgIpc) is 3.92. The number of fused-ring (bicyclic) bond motifs is 6. The fraction of sp³-hybridized carbons (Fsp3) is 0.111. The molecule has 0 N–H and O–H groups in total. The van der Waals surface area contributed by atoms with Gasteiger partial charge < -0.3 is 18.1 Å². The number of halogens is 3. The number of hydrogen-bond acceptors (Lipinski definition) is 4. The lowest BCUT2D eigenvalue weighted by Crippen LogP contribution is -2.41. The van der Waals surface area contributed by atoms with Crippen LogP contribution in [0, 0.1) is 3.57 Å². The highest BCUT2D eigenvalue weighted by Gasteiger charge is 2.51. The summed E-state index contributed by atoms with van der Waals surface area (Å²) in [4.78, 5) is 0. The molecule has 0 amide bonds. The first-order chi connectivity index (χ1) is 29.9. The lowest BCUT2D eigenvalue weighted by Gasteiger charge is -2.32. The van der Waals surface area contributed by atoms with E-state index in [1.807, 2.05) is 48.5 Å². The summed E-state index contributed by atoms with van der Waals surface area (Å²) in [6, 6.07) is 62.6. The lowest BCUT2D eigenvalue weighted by atomic mass is 9.78. The summed E-state index contributed by atoms with van der Waals surface area (Å²) in [5, 5.41) is 4.59. The van der Waals surface area contributed by atoms with E-state index in [4.69, 9.17) is 18.1 Å². The topological polar surface area (TPSA) is 44.7 Å². The second-order valence-electron chi connectivity index (χ2n) is 16.3. The van der Waals surface area contributed by atoms with Crippen LogP contribution in [-0.4, -0.2) is 18.3 Å². The van der Waals surface area contributed by atoms with E-state index in [9.17, 15) is 0 Å². The second kappa shape index (κ2) is 17.7. The highest BCUT2D eigenvalue weighted by Crippen LogP contribution is 2.39.